The minimum Gasteiger partial charge on any atom is -0.394 e. The summed E-state index contributed by atoms with van der Waals surface area (Å²) in [7, 11) is 3.21. The van der Waals surface area contributed by atoms with Gasteiger partial charge in [0.05, 0.1) is 11.9 Å². The van der Waals surface area contributed by atoms with Crippen LogP contribution in [0.4, 0.5) is 20.2 Å². The van der Waals surface area contributed by atoms with Gasteiger partial charge in [0.2, 0.25) is 0 Å². The number of aromatic nitrogens is 1. The highest BCUT2D eigenvalue weighted by molar-refractivity contribution is 5.81. The molecule has 0 fully saturated rings. The van der Waals surface area contributed by atoms with Crippen LogP contribution in [-0.4, -0.2) is 19.3 Å². The molecule has 6 heteroatoms. The summed E-state index contributed by atoms with van der Waals surface area (Å²) in [6.45, 7) is 0. The Kier molecular flexibility index (Phi) is 2.71. The molecule has 0 bridgehead atoms. The van der Waals surface area contributed by atoms with E-state index in [1.807, 2.05) is 0 Å². The smallest absolute Gasteiger partial charge is 0.191 e. The van der Waals surface area contributed by atoms with Crippen LogP contribution in [-0.2, 0) is 0 Å². The van der Waals surface area contributed by atoms with Gasteiger partial charge >= 0.3 is 0 Å². The fourth-order valence-electron chi connectivity index (χ4n) is 1.61. The Morgan fingerprint density at radius 1 is 1.29 bits per heavy atom. The Morgan fingerprint density at radius 3 is 2.53 bits per heavy atom. The summed E-state index contributed by atoms with van der Waals surface area (Å²) in [5, 5.41) is 3.52. The second-order valence-electron chi connectivity index (χ2n) is 3.76. The highest BCUT2D eigenvalue weighted by Gasteiger charge is 2.20. The van der Waals surface area contributed by atoms with Gasteiger partial charge < -0.3 is 15.2 Å². The molecule has 0 amide bonds. The highest BCUT2D eigenvalue weighted by Crippen LogP contribution is 2.36. The standard InChI is InChI=1S/C11H11F2N3O/c1-16(2)10-6(3-4-7(12)9(10)13)11-8(14)5-15-17-11/h3-5H,14H2,1-2H3. The van der Waals surface area contributed by atoms with Crippen molar-refractivity contribution in [3.05, 3.63) is 30.0 Å². The fourth-order valence-corrected chi connectivity index (χ4v) is 1.61. The van der Waals surface area contributed by atoms with Crippen molar-refractivity contribution in [1.82, 2.24) is 5.16 Å². The largest absolute Gasteiger partial charge is 0.394 e. The Balaban J connectivity index is 2.71. The number of nitrogens with two attached hydrogens (primary N) is 1. The molecule has 0 unspecified atom stereocenters. The van der Waals surface area contributed by atoms with Crippen LogP contribution in [0, 0.1) is 11.6 Å². The SMILES string of the molecule is CN(C)c1c(-c2oncc2N)ccc(F)c1F. The molecule has 1 aromatic heterocycles. The first-order chi connectivity index (χ1) is 8.02. The first kappa shape index (κ1) is 11.4. The van der Waals surface area contributed by atoms with E-state index in [4.69, 9.17) is 10.3 Å². The number of halogens is 2. The van der Waals surface area contributed by atoms with Gasteiger partial charge in [-0.1, -0.05) is 5.16 Å². The van der Waals surface area contributed by atoms with Gasteiger partial charge in [0, 0.05) is 19.7 Å². The molecule has 17 heavy (non-hydrogen) atoms. The molecular weight excluding hydrogens is 228 g/mol. The first-order valence-corrected chi connectivity index (χ1v) is 4.88. The predicted molar refractivity (Wildman–Crippen MR) is 60.6 cm³/mol. The van der Waals surface area contributed by atoms with E-state index in [-0.39, 0.29) is 17.1 Å². The van der Waals surface area contributed by atoms with Crippen LogP contribution in [0.3, 0.4) is 0 Å². The summed E-state index contributed by atoms with van der Waals surface area (Å²) >= 11 is 0. The lowest BCUT2D eigenvalue weighted by Gasteiger charge is -2.17. The quantitative estimate of drug-likeness (QED) is 0.873. The zero-order valence-electron chi connectivity index (χ0n) is 9.37. The number of nitrogen functional groups attached to an aromatic ring is 1. The van der Waals surface area contributed by atoms with E-state index in [9.17, 15) is 8.78 Å². The van der Waals surface area contributed by atoms with E-state index < -0.39 is 11.6 Å². The lowest BCUT2D eigenvalue weighted by atomic mass is 10.1. The third-order valence-corrected chi connectivity index (χ3v) is 2.36. The summed E-state index contributed by atoms with van der Waals surface area (Å²) in [5.74, 6) is -1.63. The zero-order valence-corrected chi connectivity index (χ0v) is 9.37. The molecule has 0 aliphatic rings. The van der Waals surface area contributed by atoms with Gasteiger partial charge in [0.25, 0.3) is 0 Å². The van der Waals surface area contributed by atoms with Crippen LogP contribution in [0.5, 0.6) is 0 Å². The van der Waals surface area contributed by atoms with Crippen molar-refractivity contribution in [3.63, 3.8) is 0 Å². The zero-order chi connectivity index (χ0) is 12.6. The molecule has 1 heterocycles. The molecule has 0 radical (unpaired) electrons. The Hall–Kier alpha value is -2.11. The molecule has 2 aromatic rings. The average Bonchev–Trinajstić information content (AvgIpc) is 2.67. The normalized spacial score (nSPS) is 10.6. The number of nitrogens with zero attached hydrogens (tertiary/aromatic N) is 2. The van der Waals surface area contributed by atoms with Crippen LogP contribution in [0.25, 0.3) is 11.3 Å². The summed E-state index contributed by atoms with van der Waals surface area (Å²) in [6, 6.07) is 2.43. The second kappa shape index (κ2) is 4.04. The third-order valence-electron chi connectivity index (χ3n) is 2.36. The molecular formula is C11H11F2N3O. The molecule has 0 spiro atoms. The van der Waals surface area contributed by atoms with E-state index in [2.05, 4.69) is 5.16 Å². The van der Waals surface area contributed by atoms with Crippen molar-refractivity contribution >= 4 is 11.4 Å². The molecule has 0 saturated carbocycles. The minimum absolute atomic E-state index is 0.0773. The van der Waals surface area contributed by atoms with Crippen LogP contribution >= 0.6 is 0 Å². The summed E-state index contributed by atoms with van der Waals surface area (Å²) in [4.78, 5) is 1.45. The van der Waals surface area contributed by atoms with Crippen molar-refractivity contribution in [3.8, 4) is 11.3 Å². The lowest BCUT2D eigenvalue weighted by Crippen LogP contribution is -2.13. The van der Waals surface area contributed by atoms with Crippen molar-refractivity contribution in [2.24, 2.45) is 0 Å². The molecule has 0 atom stereocenters. The molecule has 1 aromatic carbocycles. The molecule has 2 N–H and O–H groups in total. The Bertz CT molecular complexity index is 552. The van der Waals surface area contributed by atoms with E-state index in [0.29, 0.717) is 5.56 Å². The van der Waals surface area contributed by atoms with Crippen LogP contribution < -0.4 is 10.6 Å². The van der Waals surface area contributed by atoms with Crippen LogP contribution in [0.2, 0.25) is 0 Å². The number of hydrogen-bond acceptors (Lipinski definition) is 4. The topological polar surface area (TPSA) is 55.3 Å². The van der Waals surface area contributed by atoms with Gasteiger partial charge in [-0.05, 0) is 12.1 Å². The molecule has 0 aliphatic heterocycles. The van der Waals surface area contributed by atoms with Gasteiger partial charge in [-0.3, -0.25) is 0 Å². The van der Waals surface area contributed by atoms with Gasteiger partial charge in [-0.25, -0.2) is 8.78 Å². The molecule has 0 aliphatic carbocycles. The molecule has 2 rings (SSSR count). The monoisotopic (exact) mass is 239 g/mol. The van der Waals surface area contributed by atoms with Crippen molar-refractivity contribution in [2.45, 2.75) is 0 Å². The Labute approximate surface area is 96.6 Å². The summed E-state index contributed by atoms with van der Waals surface area (Å²) in [6.07, 6.45) is 1.32. The van der Waals surface area contributed by atoms with Crippen LogP contribution in [0.15, 0.2) is 22.9 Å². The maximum absolute atomic E-state index is 13.7. The second-order valence-corrected chi connectivity index (χ2v) is 3.76. The highest BCUT2D eigenvalue weighted by atomic mass is 19.2. The van der Waals surface area contributed by atoms with Gasteiger partial charge in [0.1, 0.15) is 5.69 Å². The molecule has 4 nitrogen and oxygen atoms in total. The maximum Gasteiger partial charge on any atom is 0.191 e. The fraction of sp³-hybridized carbons (Fsp3) is 0.182. The molecule has 90 valence electrons. The number of rotatable bonds is 2. The maximum atomic E-state index is 13.7. The number of benzene rings is 1. The Morgan fingerprint density at radius 2 is 2.00 bits per heavy atom. The average molecular weight is 239 g/mol. The summed E-state index contributed by atoms with van der Waals surface area (Å²) in [5.41, 5.74) is 6.36. The van der Waals surface area contributed by atoms with Crippen molar-refractivity contribution in [1.29, 1.82) is 0 Å². The van der Waals surface area contributed by atoms with Crippen molar-refractivity contribution in [2.75, 3.05) is 24.7 Å². The number of hydrogen-bond donors (Lipinski definition) is 1. The minimum atomic E-state index is -0.941. The van der Waals surface area contributed by atoms with E-state index in [0.717, 1.165) is 6.07 Å². The third kappa shape index (κ3) is 1.82. The number of anilines is 2. The first-order valence-electron chi connectivity index (χ1n) is 4.88. The van der Waals surface area contributed by atoms with Gasteiger partial charge in [-0.15, -0.1) is 0 Å². The van der Waals surface area contributed by atoms with E-state index in [1.165, 1.54) is 17.2 Å². The lowest BCUT2D eigenvalue weighted by molar-refractivity contribution is 0.432. The molecule has 0 saturated heterocycles. The summed E-state index contributed by atoms with van der Waals surface area (Å²) < 4.78 is 31.8. The van der Waals surface area contributed by atoms with E-state index >= 15 is 0 Å². The van der Waals surface area contributed by atoms with Gasteiger partial charge in [0.15, 0.2) is 17.4 Å². The van der Waals surface area contributed by atoms with E-state index in [1.54, 1.807) is 14.1 Å². The predicted octanol–water partition coefficient (Wildman–Crippen LogP) is 2.27. The van der Waals surface area contributed by atoms with Gasteiger partial charge in [-0.2, -0.15) is 0 Å². The van der Waals surface area contributed by atoms with Crippen LogP contribution in [0.1, 0.15) is 0 Å². The van der Waals surface area contributed by atoms with Crippen molar-refractivity contribution < 1.29 is 13.3 Å².